The van der Waals surface area contributed by atoms with Gasteiger partial charge in [0.15, 0.2) is 0 Å². The maximum Gasteiger partial charge on any atom is 0.234 e. The van der Waals surface area contributed by atoms with Gasteiger partial charge in [-0.2, -0.15) is 0 Å². The fourth-order valence-corrected chi connectivity index (χ4v) is 1.92. The normalized spacial score (nSPS) is 12.4. The number of hydrogen-bond acceptors (Lipinski definition) is 3. The summed E-state index contributed by atoms with van der Waals surface area (Å²) in [5, 5.41) is 12.3. The van der Waals surface area contributed by atoms with Crippen molar-refractivity contribution < 1.29 is 9.90 Å². The number of carbonyl (C=O) groups is 1. The van der Waals surface area contributed by atoms with E-state index < -0.39 is 6.10 Å². The predicted octanol–water partition coefficient (Wildman–Crippen LogP) is 1.40. The van der Waals surface area contributed by atoms with Crippen LogP contribution in [0.25, 0.3) is 0 Å². The molecule has 0 bridgehead atoms. The summed E-state index contributed by atoms with van der Waals surface area (Å²) in [5.41, 5.74) is 1.18. The van der Waals surface area contributed by atoms with Crippen molar-refractivity contribution in [2.24, 2.45) is 0 Å². The average molecular weight is 264 g/mol. The zero-order valence-corrected chi connectivity index (χ0v) is 11.8. The van der Waals surface area contributed by atoms with E-state index >= 15 is 0 Å². The molecular formula is C15H24N2O2. The number of hydrogen-bond donors (Lipinski definition) is 2. The van der Waals surface area contributed by atoms with Gasteiger partial charge in [-0.3, -0.25) is 9.69 Å². The maximum absolute atomic E-state index is 11.7. The van der Waals surface area contributed by atoms with Gasteiger partial charge < -0.3 is 10.4 Å². The topological polar surface area (TPSA) is 52.6 Å². The molecule has 1 atom stereocenters. The van der Waals surface area contributed by atoms with E-state index in [1.165, 1.54) is 5.56 Å². The third-order valence-corrected chi connectivity index (χ3v) is 2.87. The van der Waals surface area contributed by atoms with Crippen LogP contribution in [0.4, 0.5) is 0 Å². The minimum absolute atomic E-state index is 0.0476. The maximum atomic E-state index is 11.7. The fraction of sp³-hybridized carbons (Fsp3) is 0.533. The molecular weight excluding hydrogens is 240 g/mol. The Morgan fingerprint density at radius 3 is 2.68 bits per heavy atom. The number of aliphatic hydroxyl groups is 1. The van der Waals surface area contributed by atoms with Crippen molar-refractivity contribution in [2.75, 3.05) is 20.1 Å². The molecule has 1 rings (SSSR count). The number of likely N-dealkylation sites (N-methyl/N-ethyl adjacent to an activating group) is 1. The highest BCUT2D eigenvalue weighted by Crippen LogP contribution is 2.02. The summed E-state index contributed by atoms with van der Waals surface area (Å²) in [7, 11) is 1.91. The van der Waals surface area contributed by atoms with E-state index in [4.69, 9.17) is 0 Å². The van der Waals surface area contributed by atoms with Crippen LogP contribution >= 0.6 is 0 Å². The molecule has 0 saturated heterocycles. The van der Waals surface area contributed by atoms with Crippen molar-refractivity contribution in [3.63, 3.8) is 0 Å². The third kappa shape index (κ3) is 6.94. The van der Waals surface area contributed by atoms with Gasteiger partial charge >= 0.3 is 0 Å². The highest BCUT2D eigenvalue weighted by Gasteiger charge is 2.09. The summed E-state index contributed by atoms with van der Waals surface area (Å²) < 4.78 is 0. The lowest BCUT2D eigenvalue weighted by atomic mass is 10.2. The van der Waals surface area contributed by atoms with E-state index in [1.807, 2.05) is 49.2 Å². The molecule has 1 unspecified atom stereocenters. The Bertz CT molecular complexity index is 368. The SMILES string of the molecule is CCCC(O)CNC(=O)CN(C)Cc1ccccc1. The smallest absolute Gasteiger partial charge is 0.234 e. The van der Waals surface area contributed by atoms with Crippen LogP contribution < -0.4 is 5.32 Å². The highest BCUT2D eigenvalue weighted by molar-refractivity contribution is 5.77. The third-order valence-electron chi connectivity index (χ3n) is 2.87. The number of nitrogens with zero attached hydrogens (tertiary/aromatic N) is 1. The number of carbonyl (C=O) groups excluding carboxylic acids is 1. The van der Waals surface area contributed by atoms with Gasteiger partial charge in [-0.1, -0.05) is 43.7 Å². The summed E-state index contributed by atoms with van der Waals surface area (Å²) >= 11 is 0. The second-order valence-corrected chi connectivity index (χ2v) is 4.90. The minimum atomic E-state index is -0.437. The van der Waals surface area contributed by atoms with Crippen LogP contribution in [0.2, 0.25) is 0 Å². The number of amides is 1. The molecule has 4 heteroatoms. The van der Waals surface area contributed by atoms with Crippen LogP contribution in [-0.2, 0) is 11.3 Å². The van der Waals surface area contributed by atoms with Crippen LogP contribution in [0.1, 0.15) is 25.3 Å². The summed E-state index contributed by atoms with van der Waals surface area (Å²) in [6, 6.07) is 10.0. The molecule has 0 aliphatic carbocycles. The molecule has 1 amide bonds. The molecule has 19 heavy (non-hydrogen) atoms. The van der Waals surface area contributed by atoms with E-state index in [2.05, 4.69) is 5.32 Å². The molecule has 0 aromatic heterocycles. The number of aliphatic hydroxyl groups excluding tert-OH is 1. The Hall–Kier alpha value is -1.39. The fourth-order valence-electron chi connectivity index (χ4n) is 1.92. The zero-order chi connectivity index (χ0) is 14.1. The highest BCUT2D eigenvalue weighted by atomic mass is 16.3. The minimum Gasteiger partial charge on any atom is -0.391 e. The Balaban J connectivity index is 2.24. The molecule has 0 aliphatic heterocycles. The van der Waals surface area contributed by atoms with Crippen LogP contribution in [0.3, 0.4) is 0 Å². The van der Waals surface area contributed by atoms with Gasteiger partial charge in [-0.05, 0) is 19.0 Å². The van der Waals surface area contributed by atoms with Gasteiger partial charge in [-0.25, -0.2) is 0 Å². The van der Waals surface area contributed by atoms with Crippen LogP contribution in [0.15, 0.2) is 30.3 Å². The van der Waals surface area contributed by atoms with Gasteiger partial charge in [0.25, 0.3) is 0 Å². The quantitative estimate of drug-likeness (QED) is 0.746. The zero-order valence-electron chi connectivity index (χ0n) is 11.8. The Kier molecular flexibility index (Phi) is 7.15. The molecule has 0 radical (unpaired) electrons. The molecule has 4 nitrogen and oxygen atoms in total. The molecule has 0 fully saturated rings. The second kappa shape index (κ2) is 8.67. The average Bonchev–Trinajstić information content (AvgIpc) is 2.38. The summed E-state index contributed by atoms with van der Waals surface area (Å²) in [4.78, 5) is 13.6. The number of rotatable bonds is 8. The molecule has 0 aliphatic rings. The molecule has 1 aromatic carbocycles. The molecule has 106 valence electrons. The first-order valence-electron chi connectivity index (χ1n) is 6.79. The largest absolute Gasteiger partial charge is 0.391 e. The van der Waals surface area contributed by atoms with E-state index in [-0.39, 0.29) is 5.91 Å². The van der Waals surface area contributed by atoms with Crippen LogP contribution in [0, 0.1) is 0 Å². The van der Waals surface area contributed by atoms with Crippen molar-refractivity contribution in [3.05, 3.63) is 35.9 Å². The lowest BCUT2D eigenvalue weighted by Crippen LogP contribution is -2.38. The summed E-state index contributed by atoms with van der Waals surface area (Å²) in [5.74, 6) is -0.0476. The van der Waals surface area contributed by atoms with Crippen molar-refractivity contribution >= 4 is 5.91 Å². The Morgan fingerprint density at radius 1 is 1.37 bits per heavy atom. The van der Waals surface area contributed by atoms with Gasteiger partial charge in [0.2, 0.25) is 5.91 Å². The predicted molar refractivity (Wildman–Crippen MR) is 76.7 cm³/mol. The first-order valence-corrected chi connectivity index (χ1v) is 6.79. The van der Waals surface area contributed by atoms with E-state index in [0.717, 1.165) is 19.4 Å². The lowest BCUT2D eigenvalue weighted by molar-refractivity contribution is -0.122. The molecule has 0 heterocycles. The van der Waals surface area contributed by atoms with Crippen molar-refractivity contribution in [3.8, 4) is 0 Å². The van der Waals surface area contributed by atoms with Crippen molar-refractivity contribution in [2.45, 2.75) is 32.4 Å². The summed E-state index contributed by atoms with van der Waals surface area (Å²) in [6.07, 6.45) is 1.21. The molecule has 2 N–H and O–H groups in total. The van der Waals surface area contributed by atoms with E-state index in [0.29, 0.717) is 13.1 Å². The molecule has 0 spiro atoms. The number of nitrogens with one attached hydrogen (secondary N) is 1. The van der Waals surface area contributed by atoms with Crippen molar-refractivity contribution in [1.82, 2.24) is 10.2 Å². The van der Waals surface area contributed by atoms with Crippen LogP contribution in [0.5, 0.6) is 0 Å². The molecule has 1 aromatic rings. The number of benzene rings is 1. The van der Waals surface area contributed by atoms with Gasteiger partial charge in [0.1, 0.15) is 0 Å². The second-order valence-electron chi connectivity index (χ2n) is 4.90. The van der Waals surface area contributed by atoms with Gasteiger partial charge in [0.05, 0.1) is 12.6 Å². The van der Waals surface area contributed by atoms with Gasteiger partial charge in [-0.15, -0.1) is 0 Å². The Morgan fingerprint density at radius 2 is 2.05 bits per heavy atom. The standard InChI is InChI=1S/C15H24N2O2/c1-3-7-14(18)10-16-15(19)12-17(2)11-13-8-5-4-6-9-13/h4-6,8-9,14,18H,3,7,10-12H2,1-2H3,(H,16,19). The Labute approximate surface area is 115 Å². The van der Waals surface area contributed by atoms with Crippen molar-refractivity contribution in [1.29, 1.82) is 0 Å². The summed E-state index contributed by atoms with van der Waals surface area (Å²) in [6.45, 7) is 3.43. The van der Waals surface area contributed by atoms with Crippen LogP contribution in [-0.4, -0.2) is 42.2 Å². The first-order chi connectivity index (χ1) is 9.11. The molecule has 0 saturated carbocycles. The van der Waals surface area contributed by atoms with Gasteiger partial charge in [0, 0.05) is 13.1 Å². The van der Waals surface area contributed by atoms with E-state index in [1.54, 1.807) is 0 Å². The monoisotopic (exact) mass is 264 g/mol. The van der Waals surface area contributed by atoms with E-state index in [9.17, 15) is 9.90 Å². The lowest BCUT2D eigenvalue weighted by Gasteiger charge is -2.17. The first kappa shape index (κ1) is 15.7.